The number of thiazole rings is 1. The minimum Gasteiger partial charge on any atom is -0.379 e. The summed E-state index contributed by atoms with van der Waals surface area (Å²) in [5, 5.41) is 6.37. The van der Waals surface area contributed by atoms with Gasteiger partial charge in [-0.2, -0.15) is 0 Å². The highest BCUT2D eigenvalue weighted by molar-refractivity contribution is 7.13. The van der Waals surface area contributed by atoms with Gasteiger partial charge in [0.2, 0.25) is 0 Å². The van der Waals surface area contributed by atoms with E-state index in [2.05, 4.69) is 44.5 Å². The maximum Gasteiger partial charge on any atom is 0.123 e. The third-order valence-corrected chi connectivity index (χ3v) is 3.42. The van der Waals surface area contributed by atoms with Crippen LogP contribution in [-0.4, -0.2) is 15.0 Å². The van der Waals surface area contributed by atoms with E-state index >= 15 is 0 Å². The molecule has 2 heterocycles. The third kappa shape index (κ3) is 2.41. The van der Waals surface area contributed by atoms with Gasteiger partial charge in [0.1, 0.15) is 5.01 Å². The van der Waals surface area contributed by atoms with Crippen LogP contribution >= 0.6 is 11.3 Å². The zero-order chi connectivity index (χ0) is 12.2. The maximum atomic E-state index is 4.29. The van der Waals surface area contributed by atoms with E-state index in [4.69, 9.17) is 0 Å². The van der Waals surface area contributed by atoms with Crippen LogP contribution in [0.25, 0.3) is 10.6 Å². The summed E-state index contributed by atoms with van der Waals surface area (Å²) in [4.78, 5) is 11.3. The lowest BCUT2D eigenvalue weighted by molar-refractivity contribution is 1.07. The number of nitrogens with zero attached hydrogens (tertiary/aromatic N) is 2. The predicted molar refractivity (Wildman–Crippen MR) is 73.5 cm³/mol. The summed E-state index contributed by atoms with van der Waals surface area (Å²) in [6, 6.07) is 8.28. The molecule has 4 nitrogen and oxygen atoms in total. The van der Waals surface area contributed by atoms with Crippen molar-refractivity contribution < 1.29 is 0 Å². The van der Waals surface area contributed by atoms with Crippen LogP contribution in [0.1, 0.15) is 5.69 Å². The van der Waals surface area contributed by atoms with E-state index in [0.29, 0.717) is 0 Å². The topological polar surface area (TPSA) is 53.6 Å². The lowest BCUT2D eigenvalue weighted by Crippen LogP contribution is -1.99. The second-order valence-corrected chi connectivity index (χ2v) is 4.74. The number of H-pyrrole nitrogens is 1. The van der Waals surface area contributed by atoms with Gasteiger partial charge >= 0.3 is 0 Å². The second-order valence-electron chi connectivity index (χ2n) is 3.85. The maximum absolute atomic E-state index is 4.29. The Bertz CT molecular complexity index is 584. The number of rotatable bonds is 4. The molecule has 2 aromatic heterocycles. The van der Waals surface area contributed by atoms with Crippen molar-refractivity contribution >= 4 is 17.0 Å². The molecule has 0 aliphatic heterocycles. The molecule has 0 spiro atoms. The molecule has 1 aromatic carbocycles. The first-order chi connectivity index (χ1) is 8.92. The van der Waals surface area contributed by atoms with Crippen LogP contribution in [0, 0.1) is 0 Å². The molecule has 5 heteroatoms. The highest BCUT2D eigenvalue weighted by Crippen LogP contribution is 2.23. The summed E-state index contributed by atoms with van der Waals surface area (Å²) in [6.07, 6.45) is 5.32. The first-order valence-electron chi connectivity index (χ1n) is 5.63. The van der Waals surface area contributed by atoms with E-state index in [-0.39, 0.29) is 0 Å². The van der Waals surface area contributed by atoms with Crippen molar-refractivity contribution in [2.75, 3.05) is 5.32 Å². The first kappa shape index (κ1) is 11.0. The molecule has 90 valence electrons. The average Bonchev–Trinajstić information content (AvgIpc) is 3.10. The van der Waals surface area contributed by atoms with Crippen LogP contribution in [0.15, 0.2) is 48.4 Å². The van der Waals surface area contributed by atoms with Crippen LogP contribution in [0.3, 0.4) is 0 Å². The SMILES string of the molecule is c1csc(-c2ccc(NCc3cnc[nH]3)cc2)n1. The molecular weight excluding hydrogens is 244 g/mol. The quantitative estimate of drug-likeness (QED) is 0.754. The molecule has 3 rings (SSSR count). The molecule has 0 aliphatic rings. The number of aromatic nitrogens is 3. The Hall–Kier alpha value is -2.14. The van der Waals surface area contributed by atoms with E-state index in [0.717, 1.165) is 28.5 Å². The first-order valence-corrected chi connectivity index (χ1v) is 6.51. The van der Waals surface area contributed by atoms with E-state index in [1.54, 1.807) is 17.7 Å². The van der Waals surface area contributed by atoms with Crippen LogP contribution < -0.4 is 5.32 Å². The Morgan fingerprint density at radius 3 is 2.78 bits per heavy atom. The average molecular weight is 256 g/mol. The molecule has 0 radical (unpaired) electrons. The fraction of sp³-hybridized carbons (Fsp3) is 0.0769. The van der Waals surface area contributed by atoms with Gasteiger partial charge < -0.3 is 10.3 Å². The summed E-state index contributed by atoms with van der Waals surface area (Å²) in [7, 11) is 0. The number of aromatic amines is 1. The normalized spacial score (nSPS) is 10.4. The largest absolute Gasteiger partial charge is 0.379 e. The summed E-state index contributed by atoms with van der Waals surface area (Å²) in [6.45, 7) is 0.747. The lowest BCUT2D eigenvalue weighted by atomic mass is 10.2. The van der Waals surface area contributed by atoms with Crippen molar-refractivity contribution in [2.45, 2.75) is 6.54 Å². The van der Waals surface area contributed by atoms with Gasteiger partial charge in [-0.05, 0) is 24.3 Å². The number of imidazole rings is 1. The Morgan fingerprint density at radius 1 is 1.22 bits per heavy atom. The molecule has 0 fully saturated rings. The molecule has 0 amide bonds. The Balaban J connectivity index is 1.68. The molecule has 0 atom stereocenters. The molecule has 0 saturated carbocycles. The van der Waals surface area contributed by atoms with Gasteiger partial charge in [0, 0.05) is 29.0 Å². The van der Waals surface area contributed by atoms with Crippen LogP contribution in [0.5, 0.6) is 0 Å². The van der Waals surface area contributed by atoms with Gasteiger partial charge in [-0.15, -0.1) is 11.3 Å². The van der Waals surface area contributed by atoms with Crippen molar-refractivity contribution in [1.82, 2.24) is 15.0 Å². The number of anilines is 1. The standard InChI is InChI=1S/C13H12N4S/c1-3-11(16-8-12-7-14-9-17-12)4-2-10(1)13-15-5-6-18-13/h1-7,9,16H,8H2,(H,14,17). The summed E-state index contributed by atoms with van der Waals surface area (Å²) < 4.78 is 0. The third-order valence-electron chi connectivity index (χ3n) is 2.60. The summed E-state index contributed by atoms with van der Waals surface area (Å²) in [5.74, 6) is 0. The zero-order valence-corrected chi connectivity index (χ0v) is 10.4. The number of nitrogens with one attached hydrogen (secondary N) is 2. The van der Waals surface area contributed by atoms with Crippen molar-refractivity contribution in [2.24, 2.45) is 0 Å². The van der Waals surface area contributed by atoms with Crippen molar-refractivity contribution in [1.29, 1.82) is 0 Å². The van der Waals surface area contributed by atoms with E-state index in [1.807, 2.05) is 17.8 Å². The van der Waals surface area contributed by atoms with E-state index in [9.17, 15) is 0 Å². The fourth-order valence-electron chi connectivity index (χ4n) is 1.68. The molecule has 0 unspecified atom stereocenters. The van der Waals surface area contributed by atoms with Gasteiger partial charge in [-0.3, -0.25) is 0 Å². The molecule has 0 aliphatic carbocycles. The zero-order valence-electron chi connectivity index (χ0n) is 9.63. The van der Waals surface area contributed by atoms with E-state index in [1.165, 1.54) is 0 Å². The predicted octanol–water partition coefficient (Wildman–Crippen LogP) is 3.15. The van der Waals surface area contributed by atoms with E-state index < -0.39 is 0 Å². The smallest absolute Gasteiger partial charge is 0.123 e. The van der Waals surface area contributed by atoms with Gasteiger partial charge in [0.15, 0.2) is 0 Å². The minimum absolute atomic E-state index is 0.747. The van der Waals surface area contributed by atoms with Crippen LogP contribution in [0.4, 0.5) is 5.69 Å². The van der Waals surface area contributed by atoms with Crippen LogP contribution in [-0.2, 0) is 6.54 Å². The minimum atomic E-state index is 0.747. The monoisotopic (exact) mass is 256 g/mol. The molecule has 0 saturated heterocycles. The lowest BCUT2D eigenvalue weighted by Gasteiger charge is -2.05. The van der Waals surface area contributed by atoms with Gasteiger partial charge in [0.25, 0.3) is 0 Å². The molecule has 3 aromatic rings. The highest BCUT2D eigenvalue weighted by Gasteiger charge is 2.00. The van der Waals surface area contributed by atoms with Crippen molar-refractivity contribution in [3.05, 3.63) is 54.1 Å². The van der Waals surface area contributed by atoms with Crippen molar-refractivity contribution in [3.63, 3.8) is 0 Å². The molecular formula is C13H12N4S. The van der Waals surface area contributed by atoms with Gasteiger partial charge in [-0.25, -0.2) is 9.97 Å². The molecule has 18 heavy (non-hydrogen) atoms. The molecule has 0 bridgehead atoms. The Labute approximate surface area is 109 Å². The van der Waals surface area contributed by atoms with Crippen LogP contribution in [0.2, 0.25) is 0 Å². The highest BCUT2D eigenvalue weighted by atomic mass is 32.1. The number of hydrogen-bond acceptors (Lipinski definition) is 4. The number of benzene rings is 1. The summed E-state index contributed by atoms with van der Waals surface area (Å²) >= 11 is 1.65. The Morgan fingerprint density at radius 2 is 2.11 bits per heavy atom. The Kier molecular flexibility index (Phi) is 3.06. The summed E-state index contributed by atoms with van der Waals surface area (Å²) in [5.41, 5.74) is 3.31. The molecule has 2 N–H and O–H groups in total. The van der Waals surface area contributed by atoms with Crippen molar-refractivity contribution in [3.8, 4) is 10.6 Å². The van der Waals surface area contributed by atoms with Gasteiger partial charge in [0.05, 0.1) is 18.6 Å². The number of hydrogen-bond donors (Lipinski definition) is 2. The fourth-order valence-corrected chi connectivity index (χ4v) is 2.32. The van der Waals surface area contributed by atoms with Gasteiger partial charge in [-0.1, -0.05) is 0 Å². The second kappa shape index (κ2) is 5.01.